The highest BCUT2D eigenvalue weighted by Crippen LogP contribution is 2.32. The molecule has 1 aliphatic heterocycles. The highest BCUT2D eigenvalue weighted by atomic mass is 35.5. The van der Waals surface area contributed by atoms with Gasteiger partial charge in [-0.2, -0.15) is 5.26 Å². The molecule has 198 valence electrons. The molecule has 4 heterocycles. The van der Waals surface area contributed by atoms with E-state index in [4.69, 9.17) is 10.3 Å². The molecule has 1 aliphatic rings. The van der Waals surface area contributed by atoms with Gasteiger partial charge in [0.1, 0.15) is 34.2 Å². The number of hydrogen-bond donors (Lipinski definition) is 1. The summed E-state index contributed by atoms with van der Waals surface area (Å²) in [7, 11) is 0. The van der Waals surface area contributed by atoms with E-state index in [9.17, 15) is 10.1 Å². The summed E-state index contributed by atoms with van der Waals surface area (Å²) in [6, 6.07) is 23.8. The quantitative estimate of drug-likeness (QED) is 0.342. The Balaban J connectivity index is 0.00000308. The second-order valence-electron chi connectivity index (χ2n) is 9.65. The van der Waals surface area contributed by atoms with Crippen LogP contribution in [0, 0.1) is 11.3 Å². The third kappa shape index (κ3) is 5.04. The van der Waals surface area contributed by atoms with E-state index >= 15 is 0 Å². The molecule has 1 saturated heterocycles. The van der Waals surface area contributed by atoms with Crippen molar-refractivity contribution in [1.29, 1.82) is 5.26 Å². The molecule has 0 aliphatic carbocycles. The molecule has 3 aromatic heterocycles. The standard InChI is InChI=1S/C29H27N7O2.ClH/c30-15-24-26-27(36(16-20-8-3-1-4-9-20)28(24)34-13-7-12-22(31)17-34)29(37)35(19-32-26)18-23-14-25(33-38-23)21-10-5-2-6-11-21;/h1-6,8-11,14,19,22H,7,12-13,16-18,31H2;1H. The zero-order valence-corrected chi connectivity index (χ0v) is 22.1. The van der Waals surface area contributed by atoms with E-state index in [1.54, 1.807) is 0 Å². The molecular formula is C29H28ClN7O2. The number of halogens is 1. The average molecular weight is 542 g/mol. The van der Waals surface area contributed by atoms with Crippen molar-refractivity contribution in [3.8, 4) is 17.3 Å². The van der Waals surface area contributed by atoms with Crippen LogP contribution in [0.15, 0.2) is 82.4 Å². The molecule has 6 rings (SSSR count). The van der Waals surface area contributed by atoms with Gasteiger partial charge in [0.25, 0.3) is 5.56 Å². The van der Waals surface area contributed by atoms with Crippen LogP contribution in [0.1, 0.15) is 29.7 Å². The van der Waals surface area contributed by atoms with Crippen LogP contribution < -0.4 is 16.2 Å². The van der Waals surface area contributed by atoms with Gasteiger partial charge in [-0.15, -0.1) is 12.4 Å². The number of nitriles is 1. The van der Waals surface area contributed by atoms with Gasteiger partial charge >= 0.3 is 0 Å². The molecule has 0 amide bonds. The van der Waals surface area contributed by atoms with E-state index in [1.807, 2.05) is 71.3 Å². The molecule has 39 heavy (non-hydrogen) atoms. The third-order valence-corrected chi connectivity index (χ3v) is 7.01. The van der Waals surface area contributed by atoms with E-state index in [0.717, 1.165) is 30.5 Å². The fourth-order valence-electron chi connectivity index (χ4n) is 5.22. The van der Waals surface area contributed by atoms with Gasteiger partial charge in [0, 0.05) is 37.3 Å². The number of benzene rings is 2. The predicted molar refractivity (Wildman–Crippen MR) is 152 cm³/mol. The van der Waals surface area contributed by atoms with Gasteiger partial charge in [-0.05, 0) is 18.4 Å². The van der Waals surface area contributed by atoms with E-state index in [-0.39, 0.29) is 30.6 Å². The number of hydrogen-bond acceptors (Lipinski definition) is 7. The zero-order chi connectivity index (χ0) is 26.1. The summed E-state index contributed by atoms with van der Waals surface area (Å²) in [6.07, 6.45) is 3.34. The van der Waals surface area contributed by atoms with Gasteiger partial charge in [-0.25, -0.2) is 4.98 Å². The Morgan fingerprint density at radius 3 is 2.54 bits per heavy atom. The van der Waals surface area contributed by atoms with Crippen molar-refractivity contribution in [2.75, 3.05) is 18.0 Å². The van der Waals surface area contributed by atoms with Crippen molar-refractivity contribution in [1.82, 2.24) is 19.3 Å². The van der Waals surface area contributed by atoms with Gasteiger partial charge in [-0.3, -0.25) is 9.36 Å². The summed E-state index contributed by atoms with van der Waals surface area (Å²) < 4.78 is 8.99. The van der Waals surface area contributed by atoms with Crippen molar-refractivity contribution < 1.29 is 4.52 Å². The SMILES string of the molecule is Cl.N#Cc1c(N2CCCC(N)C2)n(Cc2ccccc2)c2c(=O)n(Cc3cc(-c4ccccc4)no3)cnc12. The largest absolute Gasteiger partial charge is 0.359 e. The predicted octanol–water partition coefficient (Wildman–Crippen LogP) is 4.17. The molecule has 5 aromatic rings. The van der Waals surface area contributed by atoms with Crippen LogP contribution in [-0.2, 0) is 13.1 Å². The lowest BCUT2D eigenvalue weighted by molar-refractivity contribution is 0.376. The summed E-state index contributed by atoms with van der Waals surface area (Å²) in [5.41, 5.74) is 9.92. The molecule has 0 saturated carbocycles. The number of anilines is 1. The maximum absolute atomic E-state index is 13.9. The van der Waals surface area contributed by atoms with E-state index in [0.29, 0.717) is 47.0 Å². The van der Waals surface area contributed by atoms with Crippen molar-refractivity contribution in [2.24, 2.45) is 5.73 Å². The number of nitrogens with two attached hydrogens (primary N) is 1. The van der Waals surface area contributed by atoms with Crippen molar-refractivity contribution in [3.63, 3.8) is 0 Å². The van der Waals surface area contributed by atoms with Gasteiger partial charge in [0.15, 0.2) is 5.76 Å². The molecule has 0 radical (unpaired) electrons. The van der Waals surface area contributed by atoms with Crippen molar-refractivity contribution in [2.45, 2.75) is 32.0 Å². The molecule has 9 nitrogen and oxygen atoms in total. The second kappa shape index (κ2) is 11.2. The third-order valence-electron chi connectivity index (χ3n) is 7.01. The first-order valence-corrected chi connectivity index (χ1v) is 12.7. The molecule has 0 spiro atoms. The first-order chi connectivity index (χ1) is 18.6. The number of piperidine rings is 1. The lowest BCUT2D eigenvalue weighted by atomic mass is 10.1. The highest BCUT2D eigenvalue weighted by Gasteiger charge is 2.28. The minimum Gasteiger partial charge on any atom is -0.359 e. The summed E-state index contributed by atoms with van der Waals surface area (Å²) in [6.45, 7) is 1.99. The molecular weight excluding hydrogens is 514 g/mol. The minimum absolute atomic E-state index is 0. The van der Waals surface area contributed by atoms with E-state index in [2.05, 4.69) is 21.1 Å². The average Bonchev–Trinajstić information content (AvgIpc) is 3.54. The summed E-state index contributed by atoms with van der Waals surface area (Å²) in [5.74, 6) is 1.24. The number of rotatable bonds is 6. The maximum atomic E-state index is 13.9. The van der Waals surface area contributed by atoms with Crippen LogP contribution in [0.3, 0.4) is 0 Å². The van der Waals surface area contributed by atoms with Crippen molar-refractivity contribution >= 4 is 29.3 Å². The molecule has 10 heteroatoms. The Kier molecular flexibility index (Phi) is 7.50. The topological polar surface area (TPSA) is 119 Å². The summed E-state index contributed by atoms with van der Waals surface area (Å²) >= 11 is 0. The van der Waals surface area contributed by atoms with Gasteiger partial charge in [0.2, 0.25) is 0 Å². The van der Waals surface area contributed by atoms with Crippen LogP contribution in [0.4, 0.5) is 5.82 Å². The summed E-state index contributed by atoms with van der Waals surface area (Å²) in [5, 5.41) is 14.4. The lowest BCUT2D eigenvalue weighted by Crippen LogP contribution is -2.44. The molecule has 0 bridgehead atoms. The lowest BCUT2D eigenvalue weighted by Gasteiger charge is -2.33. The normalized spacial score (nSPS) is 15.2. The second-order valence-corrected chi connectivity index (χ2v) is 9.65. The summed E-state index contributed by atoms with van der Waals surface area (Å²) in [4.78, 5) is 20.7. The number of fused-ring (bicyclic) bond motifs is 1. The van der Waals surface area contributed by atoms with Crippen LogP contribution in [0.25, 0.3) is 22.3 Å². The van der Waals surface area contributed by atoms with Crippen LogP contribution in [0.2, 0.25) is 0 Å². The van der Waals surface area contributed by atoms with Gasteiger partial charge in [0.05, 0.1) is 12.9 Å². The fourth-order valence-corrected chi connectivity index (χ4v) is 5.22. The van der Waals surface area contributed by atoms with Gasteiger partial charge in [-0.1, -0.05) is 65.8 Å². The minimum atomic E-state index is -0.243. The Labute approximate surface area is 231 Å². The fraction of sp³-hybridized carbons (Fsp3) is 0.241. The first kappa shape index (κ1) is 26.2. The van der Waals surface area contributed by atoms with E-state index < -0.39 is 0 Å². The smallest absolute Gasteiger partial charge is 0.278 e. The van der Waals surface area contributed by atoms with Gasteiger partial charge < -0.3 is 19.7 Å². The first-order valence-electron chi connectivity index (χ1n) is 12.7. The molecule has 1 atom stereocenters. The molecule has 1 fully saturated rings. The Hall–Kier alpha value is -4.39. The van der Waals surface area contributed by atoms with Crippen LogP contribution in [-0.4, -0.2) is 38.4 Å². The molecule has 2 aromatic carbocycles. The van der Waals surface area contributed by atoms with Crippen LogP contribution in [0.5, 0.6) is 0 Å². The maximum Gasteiger partial charge on any atom is 0.278 e. The number of nitrogens with zero attached hydrogens (tertiary/aromatic N) is 6. The van der Waals surface area contributed by atoms with Crippen molar-refractivity contribution in [3.05, 3.63) is 100 Å². The Morgan fingerprint density at radius 2 is 1.82 bits per heavy atom. The highest BCUT2D eigenvalue weighted by molar-refractivity contribution is 5.89. The molecule has 2 N–H and O–H groups in total. The van der Waals surface area contributed by atoms with Crippen LogP contribution >= 0.6 is 12.4 Å². The Morgan fingerprint density at radius 1 is 1.08 bits per heavy atom. The number of aromatic nitrogens is 4. The monoisotopic (exact) mass is 541 g/mol. The van der Waals surface area contributed by atoms with E-state index in [1.165, 1.54) is 10.9 Å². The Bertz CT molecular complexity index is 1690. The zero-order valence-electron chi connectivity index (χ0n) is 21.2. The molecule has 1 unspecified atom stereocenters.